The van der Waals surface area contributed by atoms with Crippen molar-refractivity contribution in [3.8, 4) is 0 Å². The van der Waals surface area contributed by atoms with Gasteiger partial charge in [0.05, 0.1) is 0 Å². The smallest absolute Gasteiger partial charge is 0.185 e. The highest BCUT2D eigenvalue weighted by Crippen LogP contribution is 2.25. The Morgan fingerprint density at radius 3 is 2.18 bits per heavy atom. The first-order valence-corrected chi connectivity index (χ1v) is 6.69. The minimum Gasteiger partial charge on any atom is -0.292 e. The van der Waals surface area contributed by atoms with E-state index in [9.17, 15) is 4.79 Å². The molecule has 1 atom stereocenters. The summed E-state index contributed by atoms with van der Waals surface area (Å²) in [6.07, 6.45) is 0. The molecule has 1 unspecified atom stereocenters. The van der Waals surface area contributed by atoms with Crippen LogP contribution in [0.5, 0.6) is 0 Å². The number of halogens is 2. The van der Waals surface area contributed by atoms with Crippen molar-refractivity contribution in [3.63, 3.8) is 0 Å². The molecule has 0 saturated heterocycles. The fraction of sp³-hybridized carbons (Fsp3) is 0.0714. The molecule has 2 aromatic carbocycles. The van der Waals surface area contributed by atoms with E-state index in [1.165, 1.54) is 0 Å². The number of hydrogen-bond donors (Lipinski definition) is 0. The van der Waals surface area contributed by atoms with Crippen LogP contribution in [0.4, 0.5) is 0 Å². The molecule has 2 aromatic rings. The summed E-state index contributed by atoms with van der Waals surface area (Å²) in [5.41, 5.74) is 1.48. The average Bonchev–Trinajstić information content (AvgIpc) is 2.39. The van der Waals surface area contributed by atoms with E-state index in [0.29, 0.717) is 5.56 Å². The number of Topliss-reactive ketones (excluding diaryl/α,β-unsaturated/α-hetero) is 1. The molecule has 17 heavy (non-hydrogen) atoms. The SMILES string of the molecule is O=C(c1ccc(I)cc1)C(Cl)c1ccccc1. The van der Waals surface area contributed by atoms with Gasteiger partial charge in [-0.2, -0.15) is 0 Å². The van der Waals surface area contributed by atoms with Crippen LogP contribution in [0.15, 0.2) is 54.6 Å². The lowest BCUT2D eigenvalue weighted by atomic mass is 10.0. The molecule has 0 bridgehead atoms. The third-order valence-corrected chi connectivity index (χ3v) is 3.62. The van der Waals surface area contributed by atoms with Crippen LogP contribution in [-0.2, 0) is 0 Å². The van der Waals surface area contributed by atoms with Crippen LogP contribution in [0.3, 0.4) is 0 Å². The van der Waals surface area contributed by atoms with Gasteiger partial charge in [0, 0.05) is 9.13 Å². The molecular formula is C14H10ClIO. The zero-order chi connectivity index (χ0) is 12.3. The van der Waals surface area contributed by atoms with E-state index < -0.39 is 5.38 Å². The van der Waals surface area contributed by atoms with Crippen LogP contribution >= 0.6 is 34.2 Å². The number of rotatable bonds is 3. The maximum Gasteiger partial charge on any atom is 0.185 e. The van der Waals surface area contributed by atoms with E-state index in [-0.39, 0.29) is 5.78 Å². The van der Waals surface area contributed by atoms with E-state index >= 15 is 0 Å². The van der Waals surface area contributed by atoms with Crippen molar-refractivity contribution in [2.24, 2.45) is 0 Å². The molecule has 86 valence electrons. The maximum atomic E-state index is 12.1. The Morgan fingerprint density at radius 1 is 1.00 bits per heavy atom. The highest BCUT2D eigenvalue weighted by atomic mass is 127. The van der Waals surface area contributed by atoms with Crippen LogP contribution in [0.25, 0.3) is 0 Å². The number of carbonyl (C=O) groups is 1. The van der Waals surface area contributed by atoms with Gasteiger partial charge < -0.3 is 0 Å². The molecule has 3 heteroatoms. The van der Waals surface area contributed by atoms with Crippen molar-refractivity contribution in [1.29, 1.82) is 0 Å². The Hall–Kier alpha value is -0.870. The lowest BCUT2D eigenvalue weighted by molar-refractivity contribution is 0.0987. The van der Waals surface area contributed by atoms with Crippen LogP contribution in [0.1, 0.15) is 21.3 Å². The number of alkyl halides is 1. The maximum absolute atomic E-state index is 12.1. The second-order valence-corrected chi connectivity index (χ2v) is 5.33. The van der Waals surface area contributed by atoms with Gasteiger partial charge in [-0.25, -0.2) is 0 Å². The first-order valence-electron chi connectivity index (χ1n) is 5.17. The van der Waals surface area contributed by atoms with Crippen LogP contribution < -0.4 is 0 Å². The molecule has 0 amide bonds. The predicted molar refractivity (Wildman–Crippen MR) is 78.5 cm³/mol. The predicted octanol–water partition coefficient (Wildman–Crippen LogP) is 4.45. The molecule has 0 aliphatic rings. The van der Waals surface area contributed by atoms with Gasteiger partial charge in [0.15, 0.2) is 5.78 Å². The quantitative estimate of drug-likeness (QED) is 0.451. The van der Waals surface area contributed by atoms with E-state index in [0.717, 1.165) is 9.13 Å². The zero-order valence-corrected chi connectivity index (χ0v) is 11.9. The Labute approximate surface area is 119 Å². The molecule has 0 fully saturated rings. The van der Waals surface area contributed by atoms with Crippen LogP contribution in [0.2, 0.25) is 0 Å². The lowest BCUT2D eigenvalue weighted by Crippen LogP contribution is -2.07. The van der Waals surface area contributed by atoms with E-state index in [1.807, 2.05) is 54.6 Å². The Kier molecular flexibility index (Phi) is 4.18. The van der Waals surface area contributed by atoms with Crippen molar-refractivity contribution in [2.45, 2.75) is 5.38 Å². The first kappa shape index (κ1) is 12.6. The second kappa shape index (κ2) is 5.65. The number of hydrogen-bond acceptors (Lipinski definition) is 1. The summed E-state index contributed by atoms with van der Waals surface area (Å²) < 4.78 is 1.10. The van der Waals surface area contributed by atoms with Gasteiger partial charge in [0.1, 0.15) is 5.38 Å². The first-order chi connectivity index (χ1) is 8.18. The fourth-order valence-corrected chi connectivity index (χ4v) is 2.16. The van der Waals surface area contributed by atoms with Gasteiger partial charge in [-0.1, -0.05) is 42.5 Å². The molecule has 0 N–H and O–H groups in total. The molecule has 0 radical (unpaired) electrons. The van der Waals surface area contributed by atoms with Crippen molar-refractivity contribution < 1.29 is 4.79 Å². The van der Waals surface area contributed by atoms with Gasteiger partial charge in [0.2, 0.25) is 0 Å². The van der Waals surface area contributed by atoms with E-state index in [4.69, 9.17) is 11.6 Å². The van der Waals surface area contributed by atoms with Crippen LogP contribution in [-0.4, -0.2) is 5.78 Å². The topological polar surface area (TPSA) is 17.1 Å². The summed E-state index contributed by atoms with van der Waals surface area (Å²) >= 11 is 8.38. The van der Waals surface area contributed by atoms with E-state index in [2.05, 4.69) is 22.6 Å². The highest BCUT2D eigenvalue weighted by molar-refractivity contribution is 14.1. The summed E-state index contributed by atoms with van der Waals surface area (Å²) in [6.45, 7) is 0. The van der Waals surface area contributed by atoms with Crippen molar-refractivity contribution in [3.05, 3.63) is 69.3 Å². The summed E-state index contributed by atoms with van der Waals surface area (Å²) in [6, 6.07) is 16.8. The van der Waals surface area contributed by atoms with Crippen LogP contribution in [0, 0.1) is 3.57 Å². The van der Waals surface area contributed by atoms with Gasteiger partial charge >= 0.3 is 0 Å². The summed E-state index contributed by atoms with van der Waals surface area (Å²) in [4.78, 5) is 12.1. The number of ketones is 1. The minimum absolute atomic E-state index is 0.0609. The Bertz CT molecular complexity index is 508. The van der Waals surface area contributed by atoms with Gasteiger partial charge in [0.25, 0.3) is 0 Å². The highest BCUT2D eigenvalue weighted by Gasteiger charge is 2.18. The Balaban J connectivity index is 2.23. The largest absolute Gasteiger partial charge is 0.292 e. The molecule has 0 aromatic heterocycles. The summed E-state index contributed by atoms with van der Waals surface area (Å²) in [5.74, 6) is -0.0609. The van der Waals surface area contributed by atoms with Gasteiger partial charge in [-0.3, -0.25) is 4.79 Å². The lowest BCUT2D eigenvalue weighted by Gasteiger charge is -2.08. The van der Waals surface area contributed by atoms with Gasteiger partial charge in [-0.15, -0.1) is 11.6 Å². The van der Waals surface area contributed by atoms with E-state index in [1.54, 1.807) is 0 Å². The molecule has 2 rings (SSSR count). The molecule has 0 aliphatic heterocycles. The molecule has 0 spiro atoms. The third kappa shape index (κ3) is 3.07. The molecule has 0 aliphatic carbocycles. The zero-order valence-electron chi connectivity index (χ0n) is 8.94. The summed E-state index contributed by atoms with van der Waals surface area (Å²) in [7, 11) is 0. The van der Waals surface area contributed by atoms with Gasteiger partial charge in [-0.05, 0) is 40.3 Å². The third-order valence-electron chi connectivity index (χ3n) is 2.45. The number of carbonyl (C=O) groups excluding carboxylic acids is 1. The monoisotopic (exact) mass is 356 g/mol. The normalized spacial score (nSPS) is 12.1. The fourth-order valence-electron chi connectivity index (χ4n) is 1.53. The Morgan fingerprint density at radius 2 is 1.59 bits per heavy atom. The van der Waals surface area contributed by atoms with Crippen molar-refractivity contribution in [1.82, 2.24) is 0 Å². The minimum atomic E-state index is -0.615. The second-order valence-electron chi connectivity index (χ2n) is 3.64. The molecule has 0 heterocycles. The summed E-state index contributed by atoms with van der Waals surface area (Å²) in [5, 5.41) is -0.615. The standard InChI is InChI=1S/C14H10ClIO/c15-13(10-4-2-1-3-5-10)14(17)11-6-8-12(16)9-7-11/h1-9,13H. The average molecular weight is 357 g/mol. The molecule has 0 saturated carbocycles. The van der Waals surface area contributed by atoms with Crippen molar-refractivity contribution in [2.75, 3.05) is 0 Å². The number of benzene rings is 2. The van der Waals surface area contributed by atoms with Crippen molar-refractivity contribution >= 4 is 40.0 Å². The molecule has 1 nitrogen and oxygen atoms in total. The molecular weight excluding hydrogens is 347 g/mol.